The molecule has 0 aromatic heterocycles. The van der Waals surface area contributed by atoms with Crippen molar-refractivity contribution in [3.8, 4) is 0 Å². The molecule has 0 radical (unpaired) electrons. The molecule has 6 heteroatoms. The molecule has 3 rings (SSSR count). The van der Waals surface area contributed by atoms with Crippen molar-refractivity contribution in [1.29, 1.82) is 0 Å². The van der Waals surface area contributed by atoms with Gasteiger partial charge in [0.25, 0.3) is 5.69 Å². The quantitative estimate of drug-likeness (QED) is 0.570. The van der Waals surface area contributed by atoms with Gasteiger partial charge in [-0.3, -0.25) is 19.9 Å². The molecule has 1 aromatic carbocycles. The molecule has 2 aliphatic rings. The van der Waals surface area contributed by atoms with Crippen LogP contribution in [0.25, 0.3) is 0 Å². The predicted molar refractivity (Wildman–Crippen MR) is 88.7 cm³/mol. The summed E-state index contributed by atoms with van der Waals surface area (Å²) < 4.78 is 5.14. The largest absolute Gasteiger partial charge is 0.383 e. The first kappa shape index (κ1) is 16.4. The fourth-order valence-electron chi connectivity index (χ4n) is 3.25. The molecule has 6 nitrogen and oxygen atoms in total. The van der Waals surface area contributed by atoms with Crippen LogP contribution in [0.3, 0.4) is 0 Å². The van der Waals surface area contributed by atoms with E-state index in [1.54, 1.807) is 19.2 Å². The highest BCUT2D eigenvalue weighted by molar-refractivity contribution is 5.43. The van der Waals surface area contributed by atoms with Crippen molar-refractivity contribution in [2.45, 2.75) is 25.3 Å². The van der Waals surface area contributed by atoms with Crippen molar-refractivity contribution in [3.05, 3.63) is 39.4 Å². The maximum Gasteiger partial charge on any atom is 0.269 e. The lowest BCUT2D eigenvalue weighted by atomic mass is 10.0. The van der Waals surface area contributed by atoms with E-state index in [1.807, 2.05) is 6.07 Å². The van der Waals surface area contributed by atoms with Gasteiger partial charge >= 0.3 is 0 Å². The molecule has 23 heavy (non-hydrogen) atoms. The van der Waals surface area contributed by atoms with E-state index < -0.39 is 0 Å². The van der Waals surface area contributed by atoms with Crippen molar-refractivity contribution >= 4 is 5.69 Å². The first-order valence-electron chi connectivity index (χ1n) is 8.38. The minimum Gasteiger partial charge on any atom is -0.383 e. The number of non-ortho nitro benzene ring substituents is 1. The third-order valence-electron chi connectivity index (χ3n) is 4.83. The molecule has 126 valence electrons. The third-order valence-corrected chi connectivity index (χ3v) is 4.83. The summed E-state index contributed by atoms with van der Waals surface area (Å²) in [5.41, 5.74) is 2.68. The molecule has 1 saturated carbocycles. The van der Waals surface area contributed by atoms with Gasteiger partial charge in [-0.15, -0.1) is 0 Å². The van der Waals surface area contributed by atoms with Crippen molar-refractivity contribution in [2.24, 2.45) is 0 Å². The van der Waals surface area contributed by atoms with E-state index in [1.165, 1.54) is 24.0 Å². The van der Waals surface area contributed by atoms with Crippen LogP contribution in [0.15, 0.2) is 18.2 Å². The molecule has 0 atom stereocenters. The summed E-state index contributed by atoms with van der Waals surface area (Å²) in [7, 11) is 1.74. The lowest BCUT2D eigenvalue weighted by Crippen LogP contribution is -2.46. The second-order valence-electron chi connectivity index (χ2n) is 6.53. The Bertz CT molecular complexity index is 552. The zero-order valence-electron chi connectivity index (χ0n) is 13.7. The molecule has 1 aliphatic heterocycles. The summed E-state index contributed by atoms with van der Waals surface area (Å²) >= 11 is 0. The van der Waals surface area contributed by atoms with E-state index in [-0.39, 0.29) is 10.6 Å². The predicted octanol–water partition coefficient (Wildman–Crippen LogP) is 2.24. The van der Waals surface area contributed by atoms with Crippen LogP contribution in [0.1, 0.15) is 29.9 Å². The van der Waals surface area contributed by atoms with Gasteiger partial charge in [-0.05, 0) is 29.9 Å². The molecule has 0 spiro atoms. The highest BCUT2D eigenvalue weighted by Crippen LogP contribution is 2.43. The van der Waals surface area contributed by atoms with Gasteiger partial charge in [0.05, 0.1) is 11.5 Å². The van der Waals surface area contributed by atoms with Gasteiger partial charge in [0.2, 0.25) is 0 Å². The zero-order chi connectivity index (χ0) is 16.2. The van der Waals surface area contributed by atoms with Crippen molar-refractivity contribution in [3.63, 3.8) is 0 Å². The molecule has 1 heterocycles. The second-order valence-corrected chi connectivity index (χ2v) is 6.53. The SMILES string of the molecule is COCCN1CCN(Cc2ccc([N+](=O)[O-])cc2C2CC2)CC1. The molecule has 1 saturated heterocycles. The number of benzene rings is 1. The second kappa shape index (κ2) is 7.38. The smallest absolute Gasteiger partial charge is 0.269 e. The van der Waals surface area contributed by atoms with E-state index in [0.717, 1.165) is 45.9 Å². The summed E-state index contributed by atoms with van der Waals surface area (Å²) in [6.07, 6.45) is 2.33. The Morgan fingerprint density at radius 3 is 2.52 bits per heavy atom. The van der Waals surface area contributed by atoms with Gasteiger partial charge in [0.1, 0.15) is 0 Å². The third kappa shape index (κ3) is 4.28. The molecular formula is C17H25N3O3. The van der Waals surface area contributed by atoms with Crippen LogP contribution in [0.5, 0.6) is 0 Å². The minimum absolute atomic E-state index is 0.222. The monoisotopic (exact) mass is 319 g/mol. The molecular weight excluding hydrogens is 294 g/mol. The van der Waals surface area contributed by atoms with Crippen LogP contribution < -0.4 is 0 Å². The number of nitro groups is 1. The van der Waals surface area contributed by atoms with Crippen LogP contribution in [0, 0.1) is 10.1 Å². The summed E-state index contributed by atoms with van der Waals surface area (Å²) in [5, 5.41) is 11.0. The average molecular weight is 319 g/mol. The fourth-order valence-corrected chi connectivity index (χ4v) is 3.25. The average Bonchev–Trinajstić information content (AvgIpc) is 3.39. The number of nitrogens with zero attached hydrogens (tertiary/aromatic N) is 3. The summed E-state index contributed by atoms with van der Waals surface area (Å²) in [5.74, 6) is 0.535. The highest BCUT2D eigenvalue weighted by Gasteiger charge is 2.28. The van der Waals surface area contributed by atoms with E-state index >= 15 is 0 Å². The van der Waals surface area contributed by atoms with Gasteiger partial charge in [-0.1, -0.05) is 6.07 Å². The summed E-state index contributed by atoms with van der Waals surface area (Å²) in [4.78, 5) is 15.6. The van der Waals surface area contributed by atoms with Gasteiger partial charge in [0, 0.05) is 58.5 Å². The Kier molecular flexibility index (Phi) is 5.25. The van der Waals surface area contributed by atoms with Crippen LogP contribution in [0.2, 0.25) is 0 Å². The Morgan fingerprint density at radius 1 is 1.22 bits per heavy atom. The maximum absolute atomic E-state index is 11.0. The topological polar surface area (TPSA) is 58.8 Å². The normalized spacial score (nSPS) is 19.9. The Balaban J connectivity index is 1.61. The number of nitro benzene ring substituents is 1. The fraction of sp³-hybridized carbons (Fsp3) is 0.647. The van der Waals surface area contributed by atoms with E-state index in [4.69, 9.17) is 4.74 Å². The van der Waals surface area contributed by atoms with Crippen LogP contribution in [-0.2, 0) is 11.3 Å². The molecule has 0 amide bonds. The zero-order valence-corrected chi connectivity index (χ0v) is 13.7. The molecule has 1 aromatic rings. The highest BCUT2D eigenvalue weighted by atomic mass is 16.6. The Hall–Kier alpha value is -1.50. The minimum atomic E-state index is -0.287. The number of methoxy groups -OCH3 is 1. The van der Waals surface area contributed by atoms with E-state index in [2.05, 4.69) is 9.80 Å². The lowest BCUT2D eigenvalue weighted by Gasteiger charge is -2.34. The van der Waals surface area contributed by atoms with E-state index in [9.17, 15) is 10.1 Å². The van der Waals surface area contributed by atoms with Gasteiger partial charge in [0.15, 0.2) is 0 Å². The summed E-state index contributed by atoms with van der Waals surface area (Å²) in [6, 6.07) is 5.40. The first-order chi connectivity index (χ1) is 11.2. The van der Waals surface area contributed by atoms with Crippen molar-refractivity contribution in [2.75, 3.05) is 46.4 Å². The molecule has 1 aliphatic carbocycles. The Morgan fingerprint density at radius 2 is 1.91 bits per heavy atom. The van der Waals surface area contributed by atoms with Gasteiger partial charge < -0.3 is 4.74 Å². The Labute approximate surface area is 137 Å². The standard InChI is InChI=1S/C17H25N3O3/c1-23-11-10-18-6-8-19(9-7-18)13-15-4-5-16(20(21)22)12-17(15)14-2-3-14/h4-5,12,14H,2-3,6-11,13H2,1H3. The van der Waals surface area contributed by atoms with Crippen molar-refractivity contribution in [1.82, 2.24) is 9.80 Å². The molecule has 0 unspecified atom stereocenters. The number of hydrogen-bond donors (Lipinski definition) is 0. The van der Waals surface area contributed by atoms with E-state index in [0.29, 0.717) is 5.92 Å². The van der Waals surface area contributed by atoms with Crippen LogP contribution in [0.4, 0.5) is 5.69 Å². The summed E-state index contributed by atoms with van der Waals surface area (Å²) in [6.45, 7) is 6.91. The number of piperazine rings is 1. The molecule has 0 N–H and O–H groups in total. The molecule has 2 fully saturated rings. The van der Waals surface area contributed by atoms with Crippen LogP contribution >= 0.6 is 0 Å². The first-order valence-corrected chi connectivity index (χ1v) is 8.38. The van der Waals surface area contributed by atoms with Crippen LogP contribution in [-0.4, -0.2) is 61.2 Å². The van der Waals surface area contributed by atoms with Gasteiger partial charge in [-0.25, -0.2) is 0 Å². The van der Waals surface area contributed by atoms with Crippen molar-refractivity contribution < 1.29 is 9.66 Å². The number of hydrogen-bond acceptors (Lipinski definition) is 5. The number of ether oxygens (including phenoxy) is 1. The lowest BCUT2D eigenvalue weighted by molar-refractivity contribution is -0.384. The maximum atomic E-state index is 11.0. The number of rotatable bonds is 7. The van der Waals surface area contributed by atoms with Gasteiger partial charge in [-0.2, -0.15) is 0 Å². The molecule has 0 bridgehead atoms.